The summed E-state index contributed by atoms with van der Waals surface area (Å²) >= 11 is 1.82. The first kappa shape index (κ1) is 14.1. The summed E-state index contributed by atoms with van der Waals surface area (Å²) in [7, 11) is 0. The fraction of sp³-hybridized carbons (Fsp3) is 0.333. The van der Waals surface area contributed by atoms with Crippen LogP contribution < -0.4 is 0 Å². The van der Waals surface area contributed by atoms with Crippen LogP contribution in [0.25, 0.3) is 0 Å². The normalized spacial score (nSPS) is 13.9. The molecule has 0 aliphatic carbocycles. The molecule has 1 nitrogen and oxygen atoms in total. The standard InChI is InChI=1S/C15H20OS/c1-3-13(16)9-8-12-14(4-2)17-15-10-6-5-7-11-15/h3-7,10-11,13-14,16H,1-2,8-9,12H2. The summed E-state index contributed by atoms with van der Waals surface area (Å²) in [6.07, 6.45) is 6.01. The quantitative estimate of drug-likeness (QED) is 0.553. The van der Waals surface area contributed by atoms with Crippen LogP contribution in [0.2, 0.25) is 0 Å². The molecule has 0 fully saturated rings. The summed E-state index contributed by atoms with van der Waals surface area (Å²) in [5.74, 6) is 0. The van der Waals surface area contributed by atoms with Crippen molar-refractivity contribution in [2.24, 2.45) is 0 Å². The van der Waals surface area contributed by atoms with Crippen LogP contribution in [-0.4, -0.2) is 16.5 Å². The van der Waals surface area contributed by atoms with Gasteiger partial charge in [0, 0.05) is 10.1 Å². The Morgan fingerprint density at radius 2 is 1.82 bits per heavy atom. The Morgan fingerprint density at radius 1 is 1.12 bits per heavy atom. The van der Waals surface area contributed by atoms with Gasteiger partial charge in [-0.15, -0.1) is 24.9 Å². The molecule has 0 saturated heterocycles. The molecule has 1 rings (SSSR count). The highest BCUT2D eigenvalue weighted by molar-refractivity contribution is 8.00. The van der Waals surface area contributed by atoms with Crippen molar-refractivity contribution in [1.29, 1.82) is 0 Å². The summed E-state index contributed by atoms with van der Waals surface area (Å²) in [6, 6.07) is 10.3. The Kier molecular flexibility index (Phi) is 6.75. The number of hydrogen-bond donors (Lipinski definition) is 1. The number of thioether (sulfide) groups is 1. The highest BCUT2D eigenvalue weighted by Crippen LogP contribution is 2.27. The highest BCUT2D eigenvalue weighted by atomic mass is 32.2. The lowest BCUT2D eigenvalue weighted by Gasteiger charge is -2.12. The second-order valence-corrected chi connectivity index (χ2v) is 5.25. The molecule has 0 bridgehead atoms. The largest absolute Gasteiger partial charge is 0.389 e. The lowest BCUT2D eigenvalue weighted by atomic mass is 10.1. The number of rotatable bonds is 8. The van der Waals surface area contributed by atoms with Gasteiger partial charge in [-0.3, -0.25) is 0 Å². The van der Waals surface area contributed by atoms with Crippen molar-refractivity contribution in [1.82, 2.24) is 0 Å². The monoisotopic (exact) mass is 248 g/mol. The van der Waals surface area contributed by atoms with Crippen LogP contribution in [0.15, 0.2) is 60.5 Å². The van der Waals surface area contributed by atoms with Gasteiger partial charge in [0.15, 0.2) is 0 Å². The van der Waals surface area contributed by atoms with Crippen LogP contribution in [0.1, 0.15) is 19.3 Å². The van der Waals surface area contributed by atoms with Crippen molar-refractivity contribution in [3.05, 3.63) is 55.6 Å². The zero-order chi connectivity index (χ0) is 12.5. The van der Waals surface area contributed by atoms with Crippen molar-refractivity contribution in [3.8, 4) is 0 Å². The van der Waals surface area contributed by atoms with Crippen molar-refractivity contribution in [3.63, 3.8) is 0 Å². The summed E-state index contributed by atoms with van der Waals surface area (Å²) in [4.78, 5) is 1.27. The molecular weight excluding hydrogens is 228 g/mol. The van der Waals surface area contributed by atoms with E-state index in [2.05, 4.69) is 25.3 Å². The molecule has 0 saturated carbocycles. The minimum Gasteiger partial charge on any atom is -0.389 e. The Bertz CT molecular complexity index is 334. The van der Waals surface area contributed by atoms with Crippen LogP contribution in [-0.2, 0) is 0 Å². The second-order valence-electron chi connectivity index (χ2n) is 3.94. The molecule has 0 spiro atoms. The van der Waals surface area contributed by atoms with E-state index in [1.54, 1.807) is 6.08 Å². The predicted octanol–water partition coefficient (Wildman–Crippen LogP) is 4.05. The first-order chi connectivity index (χ1) is 8.26. The highest BCUT2D eigenvalue weighted by Gasteiger charge is 2.07. The van der Waals surface area contributed by atoms with Crippen LogP contribution >= 0.6 is 11.8 Å². The van der Waals surface area contributed by atoms with E-state index in [0.717, 1.165) is 19.3 Å². The summed E-state index contributed by atoms with van der Waals surface area (Å²) in [5, 5.41) is 9.79. The Balaban J connectivity index is 2.34. The van der Waals surface area contributed by atoms with E-state index in [-0.39, 0.29) is 6.10 Å². The fourth-order valence-electron chi connectivity index (χ4n) is 1.54. The lowest BCUT2D eigenvalue weighted by molar-refractivity contribution is 0.209. The minimum atomic E-state index is -0.373. The average Bonchev–Trinajstić information content (AvgIpc) is 2.38. The second kappa shape index (κ2) is 8.15. The SMILES string of the molecule is C=CC(O)CCCC(C=C)Sc1ccccc1. The Hall–Kier alpha value is -0.990. The molecule has 92 valence electrons. The molecule has 0 aliphatic rings. The summed E-state index contributed by atoms with van der Waals surface area (Å²) in [6.45, 7) is 7.44. The van der Waals surface area contributed by atoms with Gasteiger partial charge in [-0.2, -0.15) is 0 Å². The Labute approximate surface area is 108 Å². The maximum absolute atomic E-state index is 9.38. The molecule has 0 amide bonds. The van der Waals surface area contributed by atoms with Gasteiger partial charge in [0.1, 0.15) is 0 Å². The van der Waals surface area contributed by atoms with Crippen LogP contribution in [0.5, 0.6) is 0 Å². The smallest absolute Gasteiger partial charge is 0.0718 e. The fourth-order valence-corrected chi connectivity index (χ4v) is 2.59. The van der Waals surface area contributed by atoms with Gasteiger partial charge in [0.25, 0.3) is 0 Å². The molecule has 0 radical (unpaired) electrons. The van der Waals surface area contributed by atoms with Gasteiger partial charge in [0.2, 0.25) is 0 Å². The third-order valence-electron chi connectivity index (χ3n) is 2.55. The molecule has 2 heteroatoms. The molecule has 2 atom stereocenters. The number of aliphatic hydroxyl groups excluding tert-OH is 1. The molecule has 0 aliphatic heterocycles. The number of hydrogen-bond acceptors (Lipinski definition) is 2. The molecule has 1 N–H and O–H groups in total. The predicted molar refractivity (Wildman–Crippen MR) is 76.3 cm³/mol. The van der Waals surface area contributed by atoms with Crippen molar-refractivity contribution in [2.75, 3.05) is 0 Å². The van der Waals surface area contributed by atoms with E-state index >= 15 is 0 Å². The van der Waals surface area contributed by atoms with Crippen molar-refractivity contribution in [2.45, 2.75) is 35.5 Å². The third-order valence-corrected chi connectivity index (χ3v) is 3.83. The molecular formula is C15H20OS. The van der Waals surface area contributed by atoms with Gasteiger partial charge in [-0.25, -0.2) is 0 Å². The molecule has 2 unspecified atom stereocenters. The van der Waals surface area contributed by atoms with E-state index in [9.17, 15) is 5.11 Å². The third kappa shape index (κ3) is 5.76. The van der Waals surface area contributed by atoms with Gasteiger partial charge in [0.05, 0.1) is 6.10 Å². The summed E-state index contributed by atoms with van der Waals surface area (Å²) < 4.78 is 0. The molecule has 1 aromatic carbocycles. The zero-order valence-electron chi connectivity index (χ0n) is 10.1. The molecule has 1 aromatic rings. The van der Waals surface area contributed by atoms with Gasteiger partial charge >= 0.3 is 0 Å². The van der Waals surface area contributed by atoms with Gasteiger partial charge in [-0.1, -0.05) is 30.4 Å². The van der Waals surface area contributed by atoms with E-state index in [0.29, 0.717) is 5.25 Å². The lowest BCUT2D eigenvalue weighted by Crippen LogP contribution is -2.04. The van der Waals surface area contributed by atoms with E-state index in [1.807, 2.05) is 36.0 Å². The molecule has 0 aromatic heterocycles. The molecule has 0 heterocycles. The van der Waals surface area contributed by atoms with Crippen LogP contribution in [0.3, 0.4) is 0 Å². The van der Waals surface area contributed by atoms with Gasteiger partial charge < -0.3 is 5.11 Å². The Morgan fingerprint density at radius 3 is 2.41 bits per heavy atom. The van der Waals surface area contributed by atoms with E-state index in [4.69, 9.17) is 0 Å². The first-order valence-electron chi connectivity index (χ1n) is 5.91. The molecule has 17 heavy (non-hydrogen) atoms. The zero-order valence-corrected chi connectivity index (χ0v) is 10.9. The summed E-state index contributed by atoms with van der Waals surface area (Å²) in [5.41, 5.74) is 0. The number of benzene rings is 1. The average molecular weight is 248 g/mol. The maximum Gasteiger partial charge on any atom is 0.0718 e. The maximum atomic E-state index is 9.38. The van der Waals surface area contributed by atoms with E-state index in [1.165, 1.54) is 4.90 Å². The van der Waals surface area contributed by atoms with Crippen LogP contribution in [0, 0.1) is 0 Å². The van der Waals surface area contributed by atoms with Crippen molar-refractivity contribution >= 4 is 11.8 Å². The first-order valence-corrected chi connectivity index (χ1v) is 6.79. The van der Waals surface area contributed by atoms with Gasteiger partial charge in [-0.05, 0) is 31.4 Å². The van der Waals surface area contributed by atoms with E-state index < -0.39 is 0 Å². The minimum absolute atomic E-state index is 0.373. The number of aliphatic hydroxyl groups is 1. The topological polar surface area (TPSA) is 20.2 Å². The van der Waals surface area contributed by atoms with Crippen LogP contribution in [0.4, 0.5) is 0 Å². The van der Waals surface area contributed by atoms with Crippen molar-refractivity contribution < 1.29 is 5.11 Å².